The number of rotatable bonds is 5. The molecule has 0 unspecified atom stereocenters. The van der Waals surface area contributed by atoms with Gasteiger partial charge in [0.1, 0.15) is 0 Å². The second-order valence-corrected chi connectivity index (χ2v) is 10.3. The van der Waals surface area contributed by atoms with Crippen molar-refractivity contribution in [2.45, 2.75) is 75.8 Å². The third-order valence-electron chi connectivity index (χ3n) is 8.34. The third-order valence-corrected chi connectivity index (χ3v) is 8.34. The van der Waals surface area contributed by atoms with Crippen LogP contribution in [0.25, 0.3) is 0 Å². The predicted molar refractivity (Wildman–Crippen MR) is 132 cm³/mol. The molecule has 2 aliphatic rings. The van der Waals surface area contributed by atoms with Crippen LogP contribution in [0.3, 0.4) is 0 Å². The summed E-state index contributed by atoms with van der Waals surface area (Å²) in [4.78, 5) is 0. The summed E-state index contributed by atoms with van der Waals surface area (Å²) in [6.45, 7) is 2.46. The van der Waals surface area contributed by atoms with Gasteiger partial charge in [-0.15, -0.1) is 0 Å². The molecule has 2 aromatic carbocycles. The quantitative estimate of drug-likeness (QED) is 0.521. The molecule has 4 rings (SSSR count). The molecule has 0 saturated heterocycles. The highest BCUT2D eigenvalue weighted by Gasteiger charge is 2.46. The molecule has 0 atom stereocenters. The zero-order chi connectivity index (χ0) is 22.0. The Balaban J connectivity index is 1.82. The lowest BCUT2D eigenvalue weighted by atomic mass is 9.54. The first-order valence-corrected chi connectivity index (χ1v) is 12.1. The minimum Gasteiger partial charge on any atom is -0.399 e. The van der Waals surface area contributed by atoms with Gasteiger partial charge in [-0.2, -0.15) is 0 Å². The third kappa shape index (κ3) is 4.61. The van der Waals surface area contributed by atoms with E-state index < -0.39 is 0 Å². The van der Waals surface area contributed by atoms with E-state index in [-0.39, 0.29) is 5.41 Å². The number of nitrogens with two attached hydrogens (primary N) is 4. The molecule has 31 heavy (non-hydrogen) atoms. The van der Waals surface area contributed by atoms with E-state index in [1.54, 1.807) is 0 Å². The van der Waals surface area contributed by atoms with Gasteiger partial charge >= 0.3 is 0 Å². The number of anilines is 2. The highest BCUT2D eigenvalue weighted by molar-refractivity contribution is 5.49. The first kappa shape index (κ1) is 22.2. The van der Waals surface area contributed by atoms with Gasteiger partial charge in [-0.3, -0.25) is 0 Å². The van der Waals surface area contributed by atoms with Crippen molar-refractivity contribution in [3.8, 4) is 0 Å². The van der Waals surface area contributed by atoms with Crippen LogP contribution in [0.2, 0.25) is 0 Å². The Morgan fingerprint density at radius 3 is 1.26 bits per heavy atom. The second kappa shape index (κ2) is 9.22. The summed E-state index contributed by atoms with van der Waals surface area (Å²) in [6.07, 6.45) is 9.39. The Morgan fingerprint density at radius 1 is 0.613 bits per heavy atom. The van der Waals surface area contributed by atoms with Gasteiger partial charge in [0.05, 0.1) is 0 Å². The first-order chi connectivity index (χ1) is 14.9. The van der Waals surface area contributed by atoms with E-state index in [4.69, 9.17) is 22.9 Å². The number of benzene rings is 2. The molecule has 2 aliphatic carbocycles. The monoisotopic (exact) mass is 420 g/mol. The van der Waals surface area contributed by atoms with Crippen molar-refractivity contribution in [3.05, 3.63) is 59.7 Å². The molecule has 0 heterocycles. The van der Waals surface area contributed by atoms with Gasteiger partial charge in [0.15, 0.2) is 0 Å². The van der Waals surface area contributed by atoms with Crippen molar-refractivity contribution in [1.29, 1.82) is 0 Å². The van der Waals surface area contributed by atoms with Crippen LogP contribution in [0.4, 0.5) is 11.4 Å². The van der Waals surface area contributed by atoms with Crippen LogP contribution >= 0.6 is 0 Å². The fourth-order valence-electron chi connectivity index (χ4n) is 6.55. The summed E-state index contributed by atoms with van der Waals surface area (Å²) in [5.41, 5.74) is 29.0. The second-order valence-electron chi connectivity index (χ2n) is 10.3. The molecule has 2 aromatic rings. The van der Waals surface area contributed by atoms with Gasteiger partial charge in [0.25, 0.3) is 0 Å². The van der Waals surface area contributed by atoms with Crippen LogP contribution in [-0.4, -0.2) is 12.1 Å². The Morgan fingerprint density at radius 2 is 0.935 bits per heavy atom. The molecule has 0 spiro atoms. The molecule has 168 valence electrons. The fourth-order valence-corrected chi connectivity index (χ4v) is 6.55. The van der Waals surface area contributed by atoms with E-state index >= 15 is 0 Å². The highest BCUT2D eigenvalue weighted by atomic mass is 14.7. The topological polar surface area (TPSA) is 104 Å². The molecule has 0 bridgehead atoms. The van der Waals surface area contributed by atoms with E-state index in [1.165, 1.54) is 36.8 Å². The normalized spacial score (nSPS) is 28.2. The van der Waals surface area contributed by atoms with Gasteiger partial charge in [-0.25, -0.2) is 0 Å². The average molecular weight is 421 g/mol. The van der Waals surface area contributed by atoms with E-state index in [2.05, 4.69) is 55.5 Å². The van der Waals surface area contributed by atoms with Crippen LogP contribution in [0, 0.1) is 17.8 Å². The summed E-state index contributed by atoms with van der Waals surface area (Å²) in [6, 6.07) is 17.9. The predicted octanol–water partition coefficient (Wildman–Crippen LogP) is 4.81. The standard InChI is InChI=1S/C27H40N4/c1-27(20-6-14-24(30)15-7-20,21-8-16-25(31)17-9-21)26(18-2-10-22(28)11-3-18)19-4-12-23(29)13-5-19/h6-9,14-19,22-23,26H,2-5,10-13,28-31H2,1H3. The molecule has 8 N–H and O–H groups in total. The lowest BCUT2D eigenvalue weighted by Gasteiger charge is -2.50. The zero-order valence-electron chi connectivity index (χ0n) is 19.0. The van der Waals surface area contributed by atoms with Crippen molar-refractivity contribution in [2.75, 3.05) is 11.5 Å². The Bertz CT molecular complexity index is 761. The Labute approximate surface area is 187 Å². The van der Waals surface area contributed by atoms with E-state index in [9.17, 15) is 0 Å². The molecule has 2 fully saturated rings. The highest BCUT2D eigenvalue weighted by Crippen LogP contribution is 2.52. The molecule has 0 aliphatic heterocycles. The van der Waals surface area contributed by atoms with Gasteiger partial charge in [-0.05, 0) is 105 Å². The molecule has 0 amide bonds. The van der Waals surface area contributed by atoms with Gasteiger partial charge < -0.3 is 22.9 Å². The summed E-state index contributed by atoms with van der Waals surface area (Å²) in [5.74, 6) is 1.87. The van der Waals surface area contributed by atoms with Crippen LogP contribution in [0.15, 0.2) is 48.5 Å². The zero-order valence-corrected chi connectivity index (χ0v) is 19.0. The van der Waals surface area contributed by atoms with Crippen molar-refractivity contribution >= 4 is 11.4 Å². The van der Waals surface area contributed by atoms with Crippen LogP contribution < -0.4 is 22.9 Å². The van der Waals surface area contributed by atoms with Crippen molar-refractivity contribution in [2.24, 2.45) is 29.2 Å². The minimum absolute atomic E-state index is 0.112. The molecule has 4 nitrogen and oxygen atoms in total. The van der Waals surface area contributed by atoms with E-state index in [0.717, 1.165) is 37.1 Å². The molecular weight excluding hydrogens is 380 g/mol. The molecule has 2 saturated carbocycles. The maximum Gasteiger partial charge on any atom is 0.0314 e. The number of hydrogen-bond donors (Lipinski definition) is 4. The minimum atomic E-state index is -0.112. The van der Waals surface area contributed by atoms with Gasteiger partial charge in [-0.1, -0.05) is 31.2 Å². The summed E-state index contributed by atoms with van der Waals surface area (Å²) >= 11 is 0. The largest absolute Gasteiger partial charge is 0.399 e. The Kier molecular flexibility index (Phi) is 6.59. The summed E-state index contributed by atoms with van der Waals surface area (Å²) in [7, 11) is 0. The van der Waals surface area contributed by atoms with E-state index in [1.807, 2.05) is 0 Å². The van der Waals surface area contributed by atoms with Crippen molar-refractivity contribution in [1.82, 2.24) is 0 Å². The van der Waals surface area contributed by atoms with Gasteiger partial charge in [0.2, 0.25) is 0 Å². The maximum absolute atomic E-state index is 6.31. The molecule has 0 radical (unpaired) electrons. The lowest BCUT2D eigenvalue weighted by molar-refractivity contribution is 0.0821. The molecule has 4 heteroatoms. The first-order valence-electron chi connectivity index (χ1n) is 12.1. The average Bonchev–Trinajstić information content (AvgIpc) is 2.77. The maximum atomic E-state index is 6.31. The summed E-state index contributed by atoms with van der Waals surface area (Å²) in [5, 5.41) is 0. The van der Waals surface area contributed by atoms with Crippen LogP contribution in [0.1, 0.15) is 69.4 Å². The van der Waals surface area contributed by atoms with E-state index in [0.29, 0.717) is 29.8 Å². The van der Waals surface area contributed by atoms with Crippen molar-refractivity contribution in [3.63, 3.8) is 0 Å². The van der Waals surface area contributed by atoms with Crippen molar-refractivity contribution < 1.29 is 0 Å². The SMILES string of the molecule is CC(c1ccc(N)cc1)(c1ccc(N)cc1)C(C1CCC(N)CC1)C1CCC(N)CC1. The fraction of sp³-hybridized carbons (Fsp3) is 0.556. The molecular formula is C27H40N4. The lowest BCUT2D eigenvalue weighted by Crippen LogP contribution is -2.46. The Hall–Kier alpha value is -2.04. The van der Waals surface area contributed by atoms with Gasteiger partial charge in [0, 0.05) is 28.9 Å². The molecule has 0 aromatic heterocycles. The number of hydrogen-bond acceptors (Lipinski definition) is 4. The van der Waals surface area contributed by atoms with Crippen LogP contribution in [-0.2, 0) is 5.41 Å². The smallest absolute Gasteiger partial charge is 0.0314 e. The number of nitrogen functional groups attached to an aromatic ring is 2. The summed E-state index contributed by atoms with van der Waals surface area (Å²) < 4.78 is 0. The van der Waals surface area contributed by atoms with Crippen LogP contribution in [0.5, 0.6) is 0 Å².